The molecule has 0 saturated carbocycles. The Bertz CT molecular complexity index is 331. The number of benzene rings is 1. The van der Waals surface area contributed by atoms with Crippen molar-refractivity contribution in [3.63, 3.8) is 0 Å². The summed E-state index contributed by atoms with van der Waals surface area (Å²) in [6.07, 6.45) is 0. The average Bonchev–Trinajstić information content (AvgIpc) is 2.20. The van der Waals surface area contributed by atoms with Gasteiger partial charge in [0.25, 0.3) is 0 Å². The number of rotatable bonds is 4. The maximum atomic E-state index is 5.73. The molecule has 0 radical (unpaired) electrons. The summed E-state index contributed by atoms with van der Waals surface area (Å²) in [6.45, 7) is 9.47. The summed E-state index contributed by atoms with van der Waals surface area (Å²) in [4.78, 5) is 1.39. The summed E-state index contributed by atoms with van der Waals surface area (Å²) in [7, 11) is 0. The van der Waals surface area contributed by atoms with E-state index < -0.39 is 0 Å². The third-order valence-electron chi connectivity index (χ3n) is 2.51. The van der Waals surface area contributed by atoms with Crippen molar-refractivity contribution in [3.05, 3.63) is 29.3 Å². The van der Waals surface area contributed by atoms with Gasteiger partial charge in [0.05, 0.1) is 0 Å². The van der Waals surface area contributed by atoms with Crippen molar-refractivity contribution in [3.8, 4) is 0 Å². The van der Waals surface area contributed by atoms with Crippen molar-refractivity contribution in [2.24, 2.45) is 11.1 Å². The van der Waals surface area contributed by atoms with Gasteiger partial charge in [-0.15, -0.1) is 11.8 Å². The van der Waals surface area contributed by atoms with Gasteiger partial charge in [0.1, 0.15) is 0 Å². The number of nitrogens with two attached hydrogens (primary N) is 1. The molecule has 84 valence electrons. The molecule has 15 heavy (non-hydrogen) atoms. The zero-order valence-corrected chi connectivity index (χ0v) is 10.9. The minimum Gasteiger partial charge on any atom is -0.330 e. The highest BCUT2D eigenvalue weighted by Crippen LogP contribution is 2.29. The van der Waals surface area contributed by atoms with Crippen LogP contribution in [0.5, 0.6) is 0 Å². The fourth-order valence-electron chi connectivity index (χ4n) is 1.19. The van der Waals surface area contributed by atoms with Crippen LogP contribution in [0.1, 0.15) is 25.0 Å². The van der Waals surface area contributed by atoms with Gasteiger partial charge in [0, 0.05) is 10.6 Å². The SMILES string of the molecule is Cc1ccc(C)c(SCC(C)(C)CN)c1. The molecule has 0 aliphatic carbocycles. The predicted octanol–water partition coefficient (Wildman–Crippen LogP) is 3.38. The van der Waals surface area contributed by atoms with Crippen molar-refractivity contribution in [2.45, 2.75) is 32.6 Å². The minimum atomic E-state index is 0.223. The van der Waals surface area contributed by atoms with Gasteiger partial charge in [-0.05, 0) is 37.4 Å². The molecule has 1 rings (SSSR count). The predicted molar refractivity (Wildman–Crippen MR) is 69.5 cm³/mol. The Hall–Kier alpha value is -0.470. The van der Waals surface area contributed by atoms with Crippen LogP contribution in [0, 0.1) is 19.3 Å². The molecular formula is C13H21NS. The van der Waals surface area contributed by atoms with Crippen LogP contribution in [0.3, 0.4) is 0 Å². The van der Waals surface area contributed by atoms with E-state index in [1.54, 1.807) is 0 Å². The summed E-state index contributed by atoms with van der Waals surface area (Å²) in [5.41, 5.74) is 8.64. The van der Waals surface area contributed by atoms with Gasteiger partial charge < -0.3 is 5.73 Å². The van der Waals surface area contributed by atoms with Gasteiger partial charge in [0.2, 0.25) is 0 Å². The molecule has 0 aliphatic heterocycles. The van der Waals surface area contributed by atoms with Crippen molar-refractivity contribution in [1.82, 2.24) is 0 Å². The normalized spacial score (nSPS) is 11.8. The third-order valence-corrected chi connectivity index (χ3v) is 4.19. The van der Waals surface area contributed by atoms with Crippen LogP contribution in [-0.2, 0) is 0 Å². The molecule has 1 nitrogen and oxygen atoms in total. The first-order valence-corrected chi connectivity index (χ1v) is 6.33. The van der Waals surface area contributed by atoms with E-state index in [4.69, 9.17) is 5.73 Å². The van der Waals surface area contributed by atoms with Crippen molar-refractivity contribution >= 4 is 11.8 Å². The molecule has 0 amide bonds. The molecule has 0 spiro atoms. The van der Waals surface area contributed by atoms with E-state index in [9.17, 15) is 0 Å². The van der Waals surface area contributed by atoms with E-state index in [1.165, 1.54) is 16.0 Å². The lowest BCUT2D eigenvalue weighted by atomic mass is 9.97. The Morgan fingerprint density at radius 2 is 1.93 bits per heavy atom. The fraction of sp³-hybridized carbons (Fsp3) is 0.538. The van der Waals surface area contributed by atoms with Gasteiger partial charge in [-0.1, -0.05) is 31.5 Å². The summed E-state index contributed by atoms with van der Waals surface area (Å²) in [6, 6.07) is 6.60. The van der Waals surface area contributed by atoms with Crippen LogP contribution in [0.15, 0.2) is 23.1 Å². The fourth-order valence-corrected chi connectivity index (χ4v) is 2.42. The van der Waals surface area contributed by atoms with Crippen LogP contribution >= 0.6 is 11.8 Å². The average molecular weight is 223 g/mol. The highest BCUT2D eigenvalue weighted by molar-refractivity contribution is 7.99. The molecule has 0 saturated heterocycles. The van der Waals surface area contributed by atoms with Gasteiger partial charge in [-0.25, -0.2) is 0 Å². The van der Waals surface area contributed by atoms with Gasteiger partial charge in [-0.3, -0.25) is 0 Å². The lowest BCUT2D eigenvalue weighted by Gasteiger charge is -2.22. The Morgan fingerprint density at radius 3 is 2.53 bits per heavy atom. The zero-order chi connectivity index (χ0) is 11.5. The van der Waals surface area contributed by atoms with Crippen molar-refractivity contribution < 1.29 is 0 Å². The molecule has 0 fully saturated rings. The highest BCUT2D eigenvalue weighted by Gasteiger charge is 2.16. The maximum Gasteiger partial charge on any atom is 0.0104 e. The molecular weight excluding hydrogens is 202 g/mol. The maximum absolute atomic E-state index is 5.73. The second kappa shape index (κ2) is 5.04. The lowest BCUT2D eigenvalue weighted by Crippen LogP contribution is -2.25. The zero-order valence-electron chi connectivity index (χ0n) is 10.1. The van der Waals surface area contributed by atoms with Crippen molar-refractivity contribution in [1.29, 1.82) is 0 Å². The number of aryl methyl sites for hydroxylation is 2. The largest absolute Gasteiger partial charge is 0.330 e. The van der Waals surface area contributed by atoms with E-state index in [1.807, 2.05) is 11.8 Å². The first-order chi connectivity index (χ1) is 6.94. The van der Waals surface area contributed by atoms with E-state index in [2.05, 4.69) is 45.9 Å². The van der Waals surface area contributed by atoms with E-state index >= 15 is 0 Å². The van der Waals surface area contributed by atoms with Crippen molar-refractivity contribution in [2.75, 3.05) is 12.3 Å². The lowest BCUT2D eigenvalue weighted by molar-refractivity contribution is 0.438. The Kier molecular flexibility index (Phi) is 4.23. The molecule has 2 N–H and O–H groups in total. The molecule has 0 atom stereocenters. The summed E-state index contributed by atoms with van der Waals surface area (Å²) in [5.74, 6) is 1.08. The molecule has 0 bridgehead atoms. The number of hydrogen-bond acceptors (Lipinski definition) is 2. The van der Waals surface area contributed by atoms with Gasteiger partial charge in [-0.2, -0.15) is 0 Å². The third kappa shape index (κ3) is 3.88. The second-order valence-electron chi connectivity index (χ2n) is 4.93. The number of hydrogen-bond donors (Lipinski definition) is 1. The monoisotopic (exact) mass is 223 g/mol. The standard InChI is InChI=1S/C13H21NS/c1-10-5-6-11(2)12(7-10)15-9-13(3,4)8-14/h5-7H,8-9,14H2,1-4H3. The van der Waals surface area contributed by atoms with E-state index in [0.29, 0.717) is 0 Å². The molecule has 0 aromatic heterocycles. The van der Waals surface area contributed by atoms with Crippen LogP contribution in [0.2, 0.25) is 0 Å². The molecule has 0 unspecified atom stereocenters. The smallest absolute Gasteiger partial charge is 0.0104 e. The van der Waals surface area contributed by atoms with Crippen LogP contribution in [-0.4, -0.2) is 12.3 Å². The summed E-state index contributed by atoms with van der Waals surface area (Å²) >= 11 is 1.91. The van der Waals surface area contributed by atoms with Crippen LogP contribution in [0.25, 0.3) is 0 Å². The first-order valence-electron chi connectivity index (χ1n) is 5.35. The Balaban J connectivity index is 2.69. The first kappa shape index (κ1) is 12.6. The Morgan fingerprint density at radius 1 is 1.27 bits per heavy atom. The minimum absolute atomic E-state index is 0.223. The molecule has 1 aromatic carbocycles. The summed E-state index contributed by atoms with van der Waals surface area (Å²) < 4.78 is 0. The van der Waals surface area contributed by atoms with Crippen LogP contribution in [0.4, 0.5) is 0 Å². The van der Waals surface area contributed by atoms with E-state index in [-0.39, 0.29) is 5.41 Å². The Labute approximate surface area is 97.4 Å². The quantitative estimate of drug-likeness (QED) is 0.792. The van der Waals surface area contributed by atoms with Gasteiger partial charge >= 0.3 is 0 Å². The highest BCUT2D eigenvalue weighted by atomic mass is 32.2. The summed E-state index contributed by atoms with van der Waals surface area (Å²) in [5, 5.41) is 0. The second-order valence-corrected chi connectivity index (χ2v) is 5.94. The molecule has 1 aromatic rings. The van der Waals surface area contributed by atoms with Gasteiger partial charge in [0.15, 0.2) is 0 Å². The van der Waals surface area contributed by atoms with Crippen LogP contribution < -0.4 is 5.73 Å². The molecule has 0 heterocycles. The molecule has 0 aliphatic rings. The van der Waals surface area contributed by atoms with E-state index in [0.717, 1.165) is 12.3 Å². The molecule has 2 heteroatoms. The number of thioether (sulfide) groups is 1. The topological polar surface area (TPSA) is 26.0 Å².